The minimum Gasteiger partial charge on any atom is -0.476 e. The van der Waals surface area contributed by atoms with Crippen LogP contribution in [0.1, 0.15) is 10.5 Å². The van der Waals surface area contributed by atoms with Crippen molar-refractivity contribution in [3.8, 4) is 5.82 Å². The molecule has 0 aliphatic carbocycles. The molecule has 0 saturated carbocycles. The summed E-state index contributed by atoms with van der Waals surface area (Å²) in [5.74, 6) is -0.886. The number of nitrogens with two attached hydrogens (primary N) is 1. The van der Waals surface area contributed by atoms with Gasteiger partial charge in [-0.05, 0) is 22.0 Å². The summed E-state index contributed by atoms with van der Waals surface area (Å²) in [4.78, 5) is 14.8. The number of anilines is 1. The molecule has 0 aliphatic heterocycles. The van der Waals surface area contributed by atoms with Crippen LogP contribution in [-0.2, 0) is 0 Å². The highest BCUT2D eigenvalue weighted by Crippen LogP contribution is 2.23. The highest BCUT2D eigenvalue weighted by atomic mass is 79.9. The van der Waals surface area contributed by atoms with Crippen molar-refractivity contribution in [3.63, 3.8) is 0 Å². The molecule has 0 radical (unpaired) electrons. The molecule has 2 aromatic rings. The van der Waals surface area contributed by atoms with Crippen LogP contribution in [0.15, 0.2) is 22.9 Å². The Labute approximate surface area is 109 Å². The first-order valence-electron chi connectivity index (χ1n) is 4.39. The molecule has 88 valence electrons. The number of carbonyl (C=O) groups is 1. The number of nitrogens with zero attached hydrogens (tertiary/aromatic N) is 3. The highest BCUT2D eigenvalue weighted by Gasteiger charge is 2.15. The molecule has 0 aliphatic rings. The molecular weight excluding hydrogens is 311 g/mol. The van der Waals surface area contributed by atoms with Crippen molar-refractivity contribution in [2.75, 3.05) is 5.73 Å². The molecule has 2 aromatic heterocycles. The molecule has 6 nitrogen and oxygen atoms in total. The lowest BCUT2D eigenvalue weighted by Gasteiger charge is -2.02. The van der Waals surface area contributed by atoms with Gasteiger partial charge in [0.25, 0.3) is 0 Å². The Morgan fingerprint density at radius 1 is 1.59 bits per heavy atom. The predicted octanol–water partition coefficient (Wildman–Crippen LogP) is 1.96. The third kappa shape index (κ3) is 2.25. The molecule has 0 saturated heterocycles. The van der Waals surface area contributed by atoms with Crippen LogP contribution in [0, 0.1) is 0 Å². The van der Waals surface area contributed by atoms with E-state index in [-0.39, 0.29) is 11.4 Å². The summed E-state index contributed by atoms with van der Waals surface area (Å²) >= 11 is 9.18. The topological polar surface area (TPSA) is 94.0 Å². The SMILES string of the molecule is Nc1cn(-c2ncc(Br)cc2Cl)nc1C(=O)O. The second-order valence-corrected chi connectivity index (χ2v) is 4.46. The van der Waals surface area contributed by atoms with Crippen LogP contribution in [-0.4, -0.2) is 25.8 Å². The number of hydrogen-bond donors (Lipinski definition) is 2. The van der Waals surface area contributed by atoms with Gasteiger partial charge in [0.2, 0.25) is 0 Å². The van der Waals surface area contributed by atoms with Gasteiger partial charge < -0.3 is 10.8 Å². The Morgan fingerprint density at radius 2 is 2.29 bits per heavy atom. The van der Waals surface area contributed by atoms with Crippen LogP contribution in [0.5, 0.6) is 0 Å². The lowest BCUT2D eigenvalue weighted by Crippen LogP contribution is -2.03. The average molecular weight is 318 g/mol. The third-order valence-corrected chi connectivity index (χ3v) is 2.66. The summed E-state index contributed by atoms with van der Waals surface area (Å²) in [5, 5.41) is 13.0. The molecule has 17 heavy (non-hydrogen) atoms. The van der Waals surface area contributed by atoms with Crippen molar-refractivity contribution in [1.29, 1.82) is 0 Å². The van der Waals surface area contributed by atoms with Gasteiger partial charge in [0.1, 0.15) is 0 Å². The number of halogens is 2. The monoisotopic (exact) mass is 316 g/mol. The van der Waals surface area contributed by atoms with Gasteiger partial charge in [0.05, 0.1) is 16.9 Å². The standard InChI is InChI=1S/C9H6BrClN4O2/c10-4-1-5(11)8(13-2-4)15-3-6(12)7(14-15)9(16)17/h1-3H,12H2,(H,16,17). The van der Waals surface area contributed by atoms with E-state index in [9.17, 15) is 4.79 Å². The molecule has 0 aromatic carbocycles. The number of nitrogen functional groups attached to an aromatic ring is 1. The van der Waals surface area contributed by atoms with E-state index in [4.69, 9.17) is 22.4 Å². The molecule has 0 spiro atoms. The van der Waals surface area contributed by atoms with Gasteiger partial charge in [0, 0.05) is 10.7 Å². The fraction of sp³-hybridized carbons (Fsp3) is 0. The van der Waals surface area contributed by atoms with Crippen LogP contribution in [0.2, 0.25) is 5.02 Å². The normalized spacial score (nSPS) is 10.5. The number of carboxylic acids is 1. The number of hydrogen-bond acceptors (Lipinski definition) is 4. The highest BCUT2D eigenvalue weighted by molar-refractivity contribution is 9.10. The van der Waals surface area contributed by atoms with Gasteiger partial charge in [-0.3, -0.25) is 0 Å². The number of rotatable bonds is 2. The predicted molar refractivity (Wildman–Crippen MR) is 65.4 cm³/mol. The second kappa shape index (κ2) is 4.34. The lowest BCUT2D eigenvalue weighted by atomic mass is 10.4. The zero-order valence-corrected chi connectivity index (χ0v) is 10.6. The fourth-order valence-electron chi connectivity index (χ4n) is 1.24. The number of aromatic carboxylic acids is 1. The first kappa shape index (κ1) is 11.9. The molecule has 3 N–H and O–H groups in total. The Balaban J connectivity index is 2.53. The Kier molecular flexibility index (Phi) is 3.03. The van der Waals surface area contributed by atoms with Gasteiger partial charge in [0.15, 0.2) is 11.5 Å². The minimum absolute atomic E-state index is 0.0540. The van der Waals surface area contributed by atoms with Crippen LogP contribution >= 0.6 is 27.5 Å². The van der Waals surface area contributed by atoms with Gasteiger partial charge in [-0.1, -0.05) is 11.6 Å². The number of pyridine rings is 1. The van der Waals surface area contributed by atoms with Crippen molar-refractivity contribution in [3.05, 3.63) is 33.6 Å². The maximum absolute atomic E-state index is 10.8. The van der Waals surface area contributed by atoms with Crippen LogP contribution < -0.4 is 5.73 Å². The molecule has 0 unspecified atom stereocenters. The maximum Gasteiger partial charge on any atom is 0.358 e. The van der Waals surface area contributed by atoms with Crippen molar-refractivity contribution in [1.82, 2.24) is 14.8 Å². The van der Waals surface area contributed by atoms with Crippen LogP contribution in [0.3, 0.4) is 0 Å². The summed E-state index contributed by atoms with van der Waals surface area (Å²) in [6.07, 6.45) is 2.88. The van der Waals surface area contributed by atoms with Crippen molar-refractivity contribution in [2.45, 2.75) is 0 Å². The lowest BCUT2D eigenvalue weighted by molar-refractivity contribution is 0.0691. The van der Waals surface area contributed by atoms with Gasteiger partial charge in [-0.25, -0.2) is 14.5 Å². The quantitative estimate of drug-likeness (QED) is 0.883. The largest absolute Gasteiger partial charge is 0.476 e. The molecule has 2 heterocycles. The van der Waals surface area contributed by atoms with E-state index in [0.717, 1.165) is 0 Å². The maximum atomic E-state index is 10.8. The van der Waals surface area contributed by atoms with Crippen molar-refractivity contribution >= 4 is 39.2 Å². The third-order valence-electron chi connectivity index (χ3n) is 1.95. The zero-order chi connectivity index (χ0) is 12.6. The Morgan fingerprint density at radius 3 is 2.82 bits per heavy atom. The Hall–Kier alpha value is -1.60. The number of carboxylic acid groups (broad SMARTS) is 1. The smallest absolute Gasteiger partial charge is 0.358 e. The van der Waals surface area contributed by atoms with E-state index in [0.29, 0.717) is 15.3 Å². The van der Waals surface area contributed by atoms with E-state index >= 15 is 0 Å². The van der Waals surface area contributed by atoms with Gasteiger partial charge in [-0.2, -0.15) is 5.10 Å². The van der Waals surface area contributed by atoms with Crippen molar-refractivity contribution < 1.29 is 9.90 Å². The molecule has 0 fully saturated rings. The molecular formula is C9H6BrClN4O2. The molecule has 0 amide bonds. The zero-order valence-electron chi connectivity index (χ0n) is 8.26. The van der Waals surface area contributed by atoms with Gasteiger partial charge in [-0.15, -0.1) is 0 Å². The second-order valence-electron chi connectivity index (χ2n) is 3.14. The molecule has 2 rings (SSSR count). The van der Waals surface area contributed by atoms with E-state index < -0.39 is 5.97 Å². The van der Waals surface area contributed by atoms with Crippen molar-refractivity contribution in [2.24, 2.45) is 0 Å². The summed E-state index contributed by atoms with van der Waals surface area (Å²) in [6, 6.07) is 1.63. The average Bonchev–Trinajstić information content (AvgIpc) is 2.60. The number of aromatic nitrogens is 3. The molecule has 0 bridgehead atoms. The summed E-state index contributed by atoms with van der Waals surface area (Å²) in [7, 11) is 0. The van der Waals surface area contributed by atoms with E-state index in [1.54, 1.807) is 6.07 Å². The van der Waals surface area contributed by atoms with Crippen LogP contribution in [0.4, 0.5) is 5.69 Å². The summed E-state index contributed by atoms with van der Waals surface area (Å²) in [5.41, 5.74) is 5.34. The summed E-state index contributed by atoms with van der Waals surface area (Å²) < 4.78 is 1.94. The first-order valence-corrected chi connectivity index (χ1v) is 5.56. The minimum atomic E-state index is -1.20. The van der Waals surface area contributed by atoms with Crippen LogP contribution in [0.25, 0.3) is 5.82 Å². The van der Waals surface area contributed by atoms with E-state index in [2.05, 4.69) is 26.0 Å². The Bertz CT molecular complexity index is 599. The van der Waals surface area contributed by atoms with E-state index in [1.807, 2.05) is 0 Å². The molecule has 8 heteroatoms. The molecule has 0 atom stereocenters. The summed E-state index contributed by atoms with van der Waals surface area (Å²) in [6.45, 7) is 0. The van der Waals surface area contributed by atoms with Gasteiger partial charge >= 0.3 is 5.97 Å². The fourth-order valence-corrected chi connectivity index (χ4v) is 1.95. The van der Waals surface area contributed by atoms with E-state index in [1.165, 1.54) is 17.1 Å². The first-order chi connectivity index (χ1) is 7.99.